The molecule has 8 nitrogen and oxygen atoms in total. The number of nitrogens with one attached hydrogen (secondary N) is 1. The highest BCUT2D eigenvalue weighted by molar-refractivity contribution is 6.31. The van der Waals surface area contributed by atoms with Crippen LogP contribution in [0.15, 0.2) is 71.3 Å². The Bertz CT molecular complexity index is 1290. The molecule has 0 saturated carbocycles. The first-order valence-electron chi connectivity index (χ1n) is 10.9. The van der Waals surface area contributed by atoms with Crippen molar-refractivity contribution in [3.05, 3.63) is 83.3 Å². The van der Waals surface area contributed by atoms with Gasteiger partial charge in [-0.25, -0.2) is 4.68 Å². The number of aromatic nitrogens is 3. The van der Waals surface area contributed by atoms with E-state index in [-0.39, 0.29) is 24.9 Å². The van der Waals surface area contributed by atoms with Gasteiger partial charge in [0, 0.05) is 17.1 Å². The van der Waals surface area contributed by atoms with Crippen LogP contribution in [0.4, 0.5) is 0 Å². The summed E-state index contributed by atoms with van der Waals surface area (Å²) in [5, 5.41) is 11.7. The molecule has 2 amide bonds. The number of nitrogens with zero attached hydrogens (tertiary/aromatic N) is 4. The van der Waals surface area contributed by atoms with Crippen molar-refractivity contribution in [2.75, 3.05) is 0 Å². The number of carbonyl (C=O) groups is 2. The number of para-hydroxylation sites is 1. The standard InChI is InChI=1S/C25H26ClN5O3/c1-25(2,3)27-24(33)23(21-13-8-14-34-21)30(15-17-9-4-5-10-18(17)26)22(32)16-31-20-12-7-6-11-19(20)28-29-31/h4-14,23H,15-16H2,1-3H3,(H,27,33)/t23-/m0/s1. The van der Waals surface area contributed by atoms with Crippen LogP contribution in [0.1, 0.15) is 38.1 Å². The van der Waals surface area contributed by atoms with Crippen molar-refractivity contribution in [2.45, 2.75) is 45.4 Å². The Balaban J connectivity index is 1.74. The maximum Gasteiger partial charge on any atom is 0.251 e. The molecule has 4 rings (SSSR count). The van der Waals surface area contributed by atoms with E-state index in [1.54, 1.807) is 18.2 Å². The minimum absolute atomic E-state index is 0.105. The molecule has 0 bridgehead atoms. The fourth-order valence-electron chi connectivity index (χ4n) is 3.70. The zero-order valence-electron chi connectivity index (χ0n) is 19.2. The van der Waals surface area contributed by atoms with Crippen molar-refractivity contribution in [3.63, 3.8) is 0 Å². The molecule has 34 heavy (non-hydrogen) atoms. The predicted molar refractivity (Wildman–Crippen MR) is 129 cm³/mol. The first kappa shape index (κ1) is 23.5. The fraction of sp³-hybridized carbons (Fsp3) is 0.280. The van der Waals surface area contributed by atoms with Gasteiger partial charge in [0.1, 0.15) is 17.8 Å². The molecule has 9 heteroatoms. The van der Waals surface area contributed by atoms with E-state index < -0.39 is 11.6 Å². The molecular weight excluding hydrogens is 454 g/mol. The monoisotopic (exact) mass is 479 g/mol. The number of furan rings is 1. The van der Waals surface area contributed by atoms with Gasteiger partial charge in [-0.3, -0.25) is 9.59 Å². The first-order chi connectivity index (χ1) is 16.2. The van der Waals surface area contributed by atoms with E-state index in [1.165, 1.54) is 15.8 Å². The van der Waals surface area contributed by atoms with Crippen LogP contribution in [0, 0.1) is 0 Å². The molecule has 0 aliphatic carbocycles. The summed E-state index contributed by atoms with van der Waals surface area (Å²) in [5.41, 5.74) is 1.60. The number of benzene rings is 2. The summed E-state index contributed by atoms with van der Waals surface area (Å²) in [6.45, 7) is 5.64. The Labute approximate surface area is 202 Å². The second-order valence-corrected chi connectivity index (χ2v) is 9.41. The molecule has 0 fully saturated rings. The average Bonchev–Trinajstić information content (AvgIpc) is 3.44. The van der Waals surface area contributed by atoms with E-state index in [0.717, 1.165) is 5.52 Å². The van der Waals surface area contributed by atoms with Crippen LogP contribution >= 0.6 is 11.6 Å². The van der Waals surface area contributed by atoms with E-state index in [9.17, 15) is 9.59 Å². The minimum atomic E-state index is -1.01. The number of rotatable bonds is 7. The van der Waals surface area contributed by atoms with Crippen LogP contribution in [0.2, 0.25) is 5.02 Å². The van der Waals surface area contributed by atoms with Crippen LogP contribution in [-0.2, 0) is 22.7 Å². The minimum Gasteiger partial charge on any atom is -0.467 e. The molecule has 0 aliphatic rings. The summed E-state index contributed by atoms with van der Waals surface area (Å²) < 4.78 is 7.14. The lowest BCUT2D eigenvalue weighted by Crippen LogP contribution is -2.49. The van der Waals surface area contributed by atoms with Crippen molar-refractivity contribution >= 4 is 34.4 Å². The molecule has 2 heterocycles. The topological polar surface area (TPSA) is 93.3 Å². The lowest BCUT2D eigenvalue weighted by atomic mass is 10.1. The van der Waals surface area contributed by atoms with Crippen molar-refractivity contribution < 1.29 is 14.0 Å². The zero-order valence-corrected chi connectivity index (χ0v) is 20.0. The lowest BCUT2D eigenvalue weighted by Gasteiger charge is -2.32. The van der Waals surface area contributed by atoms with E-state index in [2.05, 4.69) is 15.6 Å². The number of amides is 2. The number of hydrogen-bond acceptors (Lipinski definition) is 5. The molecule has 4 aromatic rings. The Morgan fingerprint density at radius 2 is 1.82 bits per heavy atom. The lowest BCUT2D eigenvalue weighted by molar-refractivity contribution is -0.143. The molecule has 1 N–H and O–H groups in total. The molecule has 2 aromatic heterocycles. The highest BCUT2D eigenvalue weighted by Gasteiger charge is 2.35. The number of hydrogen-bond donors (Lipinski definition) is 1. The van der Waals surface area contributed by atoms with Gasteiger partial charge in [0.2, 0.25) is 5.91 Å². The van der Waals surface area contributed by atoms with E-state index >= 15 is 0 Å². The van der Waals surface area contributed by atoms with Crippen LogP contribution in [-0.4, -0.2) is 37.2 Å². The maximum atomic E-state index is 13.7. The molecule has 2 aromatic carbocycles. The first-order valence-corrected chi connectivity index (χ1v) is 11.3. The third kappa shape index (κ3) is 5.28. The highest BCUT2D eigenvalue weighted by atomic mass is 35.5. The number of fused-ring (bicyclic) bond motifs is 1. The second-order valence-electron chi connectivity index (χ2n) is 9.01. The van der Waals surface area contributed by atoms with E-state index in [4.69, 9.17) is 16.0 Å². The second kappa shape index (κ2) is 9.69. The largest absolute Gasteiger partial charge is 0.467 e. The van der Waals surface area contributed by atoms with Gasteiger partial charge in [0.15, 0.2) is 6.04 Å². The third-order valence-corrected chi connectivity index (χ3v) is 5.56. The molecule has 0 unspecified atom stereocenters. The smallest absolute Gasteiger partial charge is 0.251 e. The average molecular weight is 480 g/mol. The van der Waals surface area contributed by atoms with Gasteiger partial charge in [0.25, 0.3) is 5.91 Å². The Morgan fingerprint density at radius 1 is 1.09 bits per heavy atom. The van der Waals surface area contributed by atoms with Gasteiger partial charge >= 0.3 is 0 Å². The maximum absolute atomic E-state index is 13.7. The summed E-state index contributed by atoms with van der Waals surface area (Å²) >= 11 is 6.42. The van der Waals surface area contributed by atoms with Gasteiger partial charge in [-0.2, -0.15) is 0 Å². The normalized spacial score (nSPS) is 12.5. The number of halogens is 1. The summed E-state index contributed by atoms with van der Waals surface area (Å²) in [4.78, 5) is 28.7. The predicted octanol–water partition coefficient (Wildman–Crippen LogP) is 4.36. The Morgan fingerprint density at radius 3 is 2.53 bits per heavy atom. The van der Waals surface area contributed by atoms with Crippen LogP contribution in [0.5, 0.6) is 0 Å². The summed E-state index contributed by atoms with van der Waals surface area (Å²) in [5.74, 6) is -0.335. The molecule has 0 saturated heterocycles. The molecule has 0 radical (unpaired) electrons. The van der Waals surface area contributed by atoms with Crippen LogP contribution in [0.25, 0.3) is 11.0 Å². The van der Waals surface area contributed by atoms with Gasteiger partial charge in [-0.15, -0.1) is 5.10 Å². The Kier molecular flexibility index (Phi) is 6.70. The van der Waals surface area contributed by atoms with Crippen molar-refractivity contribution in [3.8, 4) is 0 Å². The summed E-state index contributed by atoms with van der Waals surface area (Å²) in [6.07, 6.45) is 1.48. The van der Waals surface area contributed by atoms with E-state index in [1.807, 2.05) is 63.2 Å². The Hall–Kier alpha value is -3.65. The SMILES string of the molecule is CC(C)(C)NC(=O)[C@H](c1ccco1)N(Cc1ccccc1Cl)C(=O)Cn1nnc2ccccc21. The number of carbonyl (C=O) groups excluding carboxylic acids is 2. The van der Waals surface area contributed by atoms with E-state index in [0.29, 0.717) is 21.9 Å². The molecule has 1 atom stereocenters. The van der Waals surface area contributed by atoms with Crippen molar-refractivity contribution in [1.82, 2.24) is 25.2 Å². The highest BCUT2D eigenvalue weighted by Crippen LogP contribution is 2.28. The molecule has 0 aliphatic heterocycles. The molecule has 0 spiro atoms. The molecular formula is C25H26ClN5O3. The van der Waals surface area contributed by atoms with Gasteiger partial charge in [-0.05, 0) is 56.7 Å². The third-order valence-electron chi connectivity index (χ3n) is 5.20. The summed E-state index contributed by atoms with van der Waals surface area (Å²) in [7, 11) is 0. The fourth-order valence-corrected chi connectivity index (χ4v) is 3.89. The van der Waals surface area contributed by atoms with Gasteiger partial charge in [0.05, 0.1) is 11.8 Å². The van der Waals surface area contributed by atoms with Crippen molar-refractivity contribution in [1.29, 1.82) is 0 Å². The summed E-state index contributed by atoms with van der Waals surface area (Å²) in [6, 6.07) is 17.0. The molecule has 176 valence electrons. The van der Waals surface area contributed by atoms with Crippen molar-refractivity contribution in [2.24, 2.45) is 0 Å². The quantitative estimate of drug-likeness (QED) is 0.425. The van der Waals surface area contributed by atoms with Gasteiger partial charge in [-0.1, -0.05) is 47.1 Å². The zero-order chi connectivity index (χ0) is 24.3. The van der Waals surface area contributed by atoms with Crippen LogP contribution < -0.4 is 5.32 Å². The van der Waals surface area contributed by atoms with Crippen LogP contribution in [0.3, 0.4) is 0 Å². The van der Waals surface area contributed by atoms with Gasteiger partial charge < -0.3 is 14.6 Å².